The Kier molecular flexibility index (Phi) is 5.59. The molecule has 0 radical (unpaired) electrons. The van der Waals surface area contributed by atoms with E-state index in [1.54, 1.807) is 17.0 Å². The summed E-state index contributed by atoms with van der Waals surface area (Å²) in [6.45, 7) is 1.72. The van der Waals surface area contributed by atoms with Gasteiger partial charge in [0.15, 0.2) is 5.43 Å². The second-order valence-corrected chi connectivity index (χ2v) is 7.96. The van der Waals surface area contributed by atoms with Crippen molar-refractivity contribution in [3.8, 4) is 0 Å². The van der Waals surface area contributed by atoms with E-state index in [9.17, 15) is 9.59 Å². The highest BCUT2D eigenvalue weighted by Crippen LogP contribution is 2.19. The minimum atomic E-state index is -0.193. The number of H-pyrrole nitrogens is 1. The largest absolute Gasteiger partial charge is 0.376 e. The zero-order valence-electron chi connectivity index (χ0n) is 15.4. The number of carbonyl (C=O) groups excluding carboxylic acids is 1. The Hall–Kier alpha value is -2.44. The van der Waals surface area contributed by atoms with Crippen molar-refractivity contribution in [3.05, 3.63) is 80.6 Å². The maximum atomic E-state index is 13.3. The number of nitrogens with zero attached hydrogens (tertiary/aromatic N) is 1. The summed E-state index contributed by atoms with van der Waals surface area (Å²) in [6.07, 6.45) is 2.00. The first-order valence-electron chi connectivity index (χ1n) is 9.37. The van der Waals surface area contributed by atoms with Crippen LogP contribution in [0.3, 0.4) is 0 Å². The summed E-state index contributed by atoms with van der Waals surface area (Å²) in [5.41, 5.74) is 1.82. The maximum absolute atomic E-state index is 13.3. The van der Waals surface area contributed by atoms with Gasteiger partial charge in [-0.05, 0) is 36.6 Å². The Morgan fingerprint density at radius 1 is 1.18 bits per heavy atom. The standard InChI is InChI=1S/C22H21BrN2O3/c23-16-8-9-19-18(11-16)21(26)12-20(24-19)22(27)25(14-17-7-4-10-28-17)13-15-5-2-1-3-6-15/h1-3,5-6,8-9,11-12,17H,4,7,10,13-14H2,(H,24,26)/t17-/m1/s1. The highest BCUT2D eigenvalue weighted by Gasteiger charge is 2.24. The number of nitrogens with one attached hydrogen (secondary N) is 1. The number of rotatable bonds is 5. The van der Waals surface area contributed by atoms with Gasteiger partial charge < -0.3 is 14.6 Å². The Balaban J connectivity index is 1.66. The Labute approximate surface area is 171 Å². The molecule has 6 heteroatoms. The number of hydrogen-bond acceptors (Lipinski definition) is 3. The van der Waals surface area contributed by atoms with Gasteiger partial charge in [0.1, 0.15) is 5.69 Å². The van der Waals surface area contributed by atoms with Crippen molar-refractivity contribution >= 4 is 32.7 Å². The minimum absolute atomic E-state index is 0.0378. The molecule has 5 nitrogen and oxygen atoms in total. The summed E-state index contributed by atoms with van der Waals surface area (Å²) >= 11 is 3.38. The number of amides is 1. The topological polar surface area (TPSA) is 62.4 Å². The van der Waals surface area contributed by atoms with Gasteiger partial charge in [-0.2, -0.15) is 0 Å². The van der Waals surface area contributed by atoms with Crippen LogP contribution in [0.4, 0.5) is 0 Å². The highest BCUT2D eigenvalue weighted by molar-refractivity contribution is 9.10. The number of fused-ring (bicyclic) bond motifs is 1. The molecule has 28 heavy (non-hydrogen) atoms. The van der Waals surface area contributed by atoms with E-state index in [-0.39, 0.29) is 17.4 Å². The minimum Gasteiger partial charge on any atom is -0.376 e. The molecule has 2 aromatic carbocycles. The molecular weight excluding hydrogens is 420 g/mol. The van der Waals surface area contributed by atoms with E-state index >= 15 is 0 Å². The van der Waals surface area contributed by atoms with Crippen molar-refractivity contribution in [1.29, 1.82) is 0 Å². The SMILES string of the molecule is O=C(c1cc(=O)c2cc(Br)ccc2[nH]1)N(Cc1ccccc1)C[C@H]1CCCO1. The molecule has 1 fully saturated rings. The predicted octanol–water partition coefficient (Wildman–Crippen LogP) is 4.11. The zero-order valence-corrected chi connectivity index (χ0v) is 16.9. The van der Waals surface area contributed by atoms with Crippen molar-refractivity contribution in [3.63, 3.8) is 0 Å². The molecule has 3 aromatic rings. The van der Waals surface area contributed by atoms with Crippen LogP contribution in [0.15, 0.2) is 63.9 Å². The third-order valence-electron chi connectivity index (χ3n) is 4.97. The Bertz CT molecular complexity index is 1040. The smallest absolute Gasteiger partial charge is 0.270 e. The molecular formula is C22H21BrN2O3. The Morgan fingerprint density at radius 2 is 2.00 bits per heavy atom. The van der Waals surface area contributed by atoms with E-state index in [1.807, 2.05) is 36.4 Å². The van der Waals surface area contributed by atoms with E-state index < -0.39 is 0 Å². The summed E-state index contributed by atoms with van der Waals surface area (Å²) in [4.78, 5) is 30.7. The molecule has 0 saturated carbocycles. The monoisotopic (exact) mass is 440 g/mol. The summed E-state index contributed by atoms with van der Waals surface area (Å²) in [5.74, 6) is -0.193. The van der Waals surface area contributed by atoms with Crippen LogP contribution in [0.5, 0.6) is 0 Å². The fourth-order valence-electron chi connectivity index (χ4n) is 3.56. The second kappa shape index (κ2) is 8.29. The average molecular weight is 441 g/mol. The van der Waals surface area contributed by atoms with Gasteiger partial charge in [0, 0.05) is 41.1 Å². The summed E-state index contributed by atoms with van der Waals surface area (Å²) in [7, 11) is 0. The lowest BCUT2D eigenvalue weighted by Crippen LogP contribution is -2.37. The van der Waals surface area contributed by atoms with Gasteiger partial charge in [-0.25, -0.2) is 0 Å². The average Bonchev–Trinajstić information content (AvgIpc) is 3.21. The number of halogens is 1. The number of aromatic nitrogens is 1. The quantitative estimate of drug-likeness (QED) is 0.648. The van der Waals surface area contributed by atoms with Crippen LogP contribution < -0.4 is 5.43 Å². The van der Waals surface area contributed by atoms with Gasteiger partial charge in [0.25, 0.3) is 5.91 Å². The van der Waals surface area contributed by atoms with Crippen LogP contribution >= 0.6 is 15.9 Å². The van der Waals surface area contributed by atoms with Gasteiger partial charge in [0.05, 0.1) is 6.10 Å². The molecule has 1 amide bonds. The summed E-state index contributed by atoms with van der Waals surface area (Å²) in [6, 6.07) is 16.7. The molecule has 0 unspecified atom stereocenters. The van der Waals surface area contributed by atoms with Crippen molar-refractivity contribution in [2.75, 3.05) is 13.2 Å². The molecule has 0 aliphatic carbocycles. The molecule has 144 valence electrons. The normalized spacial score (nSPS) is 16.4. The number of carbonyl (C=O) groups is 1. The molecule has 0 bridgehead atoms. The second-order valence-electron chi connectivity index (χ2n) is 7.04. The van der Waals surface area contributed by atoms with Crippen molar-refractivity contribution in [2.24, 2.45) is 0 Å². The highest BCUT2D eigenvalue weighted by atomic mass is 79.9. The number of pyridine rings is 1. The predicted molar refractivity (Wildman–Crippen MR) is 112 cm³/mol. The van der Waals surface area contributed by atoms with E-state index in [1.165, 1.54) is 6.07 Å². The number of aromatic amines is 1. The van der Waals surface area contributed by atoms with Crippen molar-refractivity contribution < 1.29 is 9.53 Å². The molecule has 1 aliphatic rings. The van der Waals surface area contributed by atoms with E-state index in [4.69, 9.17) is 4.74 Å². The van der Waals surface area contributed by atoms with Gasteiger partial charge in [-0.1, -0.05) is 46.3 Å². The van der Waals surface area contributed by atoms with Gasteiger partial charge in [0.2, 0.25) is 0 Å². The van der Waals surface area contributed by atoms with E-state index in [2.05, 4.69) is 20.9 Å². The molecule has 2 heterocycles. The van der Waals surface area contributed by atoms with Crippen LogP contribution in [0.25, 0.3) is 10.9 Å². The Morgan fingerprint density at radius 3 is 2.75 bits per heavy atom. The molecule has 0 spiro atoms. The maximum Gasteiger partial charge on any atom is 0.270 e. The lowest BCUT2D eigenvalue weighted by atomic mass is 10.1. The first-order valence-corrected chi connectivity index (χ1v) is 10.2. The molecule has 4 rings (SSSR count). The molecule has 1 saturated heterocycles. The number of hydrogen-bond donors (Lipinski definition) is 1. The van der Waals surface area contributed by atoms with Crippen LogP contribution in [-0.2, 0) is 11.3 Å². The first kappa shape index (κ1) is 18.9. The van der Waals surface area contributed by atoms with Crippen LogP contribution in [0, 0.1) is 0 Å². The summed E-state index contributed by atoms with van der Waals surface area (Å²) in [5, 5.41) is 0.555. The number of ether oxygens (including phenoxy) is 1. The fourth-order valence-corrected chi connectivity index (χ4v) is 3.92. The molecule has 1 aromatic heterocycles. The zero-order chi connectivity index (χ0) is 19.5. The molecule has 1 N–H and O–H groups in total. The number of benzene rings is 2. The molecule has 1 aliphatic heterocycles. The lowest BCUT2D eigenvalue weighted by Gasteiger charge is -2.25. The molecule has 1 atom stereocenters. The van der Waals surface area contributed by atoms with Gasteiger partial charge in [-0.3, -0.25) is 9.59 Å². The third kappa shape index (κ3) is 4.18. The summed E-state index contributed by atoms with van der Waals surface area (Å²) < 4.78 is 6.57. The lowest BCUT2D eigenvalue weighted by molar-refractivity contribution is 0.0503. The van der Waals surface area contributed by atoms with Crippen molar-refractivity contribution in [1.82, 2.24) is 9.88 Å². The van der Waals surface area contributed by atoms with E-state index in [0.717, 1.165) is 29.5 Å². The third-order valence-corrected chi connectivity index (χ3v) is 5.47. The van der Waals surface area contributed by atoms with Gasteiger partial charge in [-0.15, -0.1) is 0 Å². The van der Waals surface area contributed by atoms with Crippen LogP contribution in [-0.4, -0.2) is 35.0 Å². The van der Waals surface area contributed by atoms with Crippen LogP contribution in [0.1, 0.15) is 28.9 Å². The van der Waals surface area contributed by atoms with Crippen LogP contribution in [0.2, 0.25) is 0 Å². The van der Waals surface area contributed by atoms with Crippen molar-refractivity contribution in [2.45, 2.75) is 25.5 Å². The van der Waals surface area contributed by atoms with Gasteiger partial charge >= 0.3 is 0 Å². The van der Waals surface area contributed by atoms with E-state index in [0.29, 0.717) is 29.7 Å². The fraction of sp³-hybridized carbons (Fsp3) is 0.273. The first-order chi connectivity index (χ1) is 13.6.